The molecule has 0 spiro atoms. The van der Waals surface area contributed by atoms with Crippen molar-refractivity contribution in [2.75, 3.05) is 92.2 Å². The normalized spacial score (nSPS) is 17.8. The number of aliphatic hydroxyl groups excluding tert-OH is 4. The quantitative estimate of drug-likeness (QED) is 0.0141. The van der Waals surface area contributed by atoms with Crippen LogP contribution in [0.2, 0.25) is 5.02 Å². The fourth-order valence-electron chi connectivity index (χ4n) is 14.4. The number of piperazine rings is 1. The van der Waals surface area contributed by atoms with Gasteiger partial charge < -0.3 is 101 Å². The number of para-hydroxylation sites is 2. The van der Waals surface area contributed by atoms with E-state index in [0.717, 1.165) is 17.1 Å². The second-order valence-corrected chi connectivity index (χ2v) is 32.2. The Morgan fingerprint density at radius 2 is 1.49 bits per heavy atom. The van der Waals surface area contributed by atoms with Gasteiger partial charge in [0.25, 0.3) is 17.7 Å². The summed E-state index contributed by atoms with van der Waals surface area (Å²) in [7, 11) is 4.99. The number of aliphatic hydroxyl groups is 4. The van der Waals surface area contributed by atoms with E-state index in [0.29, 0.717) is 132 Å². The molecular weight excluding hydrogens is 1670 g/mol. The van der Waals surface area contributed by atoms with Crippen LogP contribution in [0.1, 0.15) is 67.5 Å². The van der Waals surface area contributed by atoms with E-state index in [9.17, 15) is 83.0 Å². The first kappa shape index (κ1) is 93.5. The number of carbonyl (C=O) groups is 10. The number of halogens is 2. The van der Waals surface area contributed by atoms with Crippen LogP contribution in [0, 0.1) is 18.7 Å². The van der Waals surface area contributed by atoms with Crippen molar-refractivity contribution in [1.82, 2.24) is 55.9 Å². The number of ether oxygens (including phenoxy) is 6. The minimum Gasteiger partial charge on any atom is -0.496 e. The topological polar surface area (TPSA) is 495 Å². The van der Waals surface area contributed by atoms with Gasteiger partial charge in [0.15, 0.2) is 18.2 Å². The average Bonchev–Trinajstić information content (AvgIpc) is 1.59. The molecule has 3 aromatic heterocycles. The minimum atomic E-state index is -2.14. The van der Waals surface area contributed by atoms with Gasteiger partial charge in [-0.15, -0.1) is 11.3 Å². The van der Waals surface area contributed by atoms with Crippen LogP contribution in [-0.2, 0) is 78.7 Å². The van der Waals surface area contributed by atoms with Crippen LogP contribution in [0.4, 0.5) is 14.9 Å². The molecule has 0 unspecified atom stereocenters. The summed E-state index contributed by atoms with van der Waals surface area (Å²) < 4.78 is 50.3. The molecule has 6 heterocycles. The number of thiophene rings is 1. The molecule has 13 N–H and O–H groups in total. The molecule has 0 saturated carbocycles. The third-order valence-electron chi connectivity index (χ3n) is 21.5. The maximum Gasteiger partial charge on any atom is 0.345 e. The Bertz CT molecular complexity index is 5280. The largest absolute Gasteiger partial charge is 0.496 e. The molecule has 0 bridgehead atoms. The van der Waals surface area contributed by atoms with Gasteiger partial charge in [0.05, 0.1) is 75.1 Å². The van der Waals surface area contributed by atoms with Crippen molar-refractivity contribution in [1.29, 1.82) is 0 Å². The second-order valence-electron chi connectivity index (χ2n) is 30.8. The zero-order valence-corrected chi connectivity index (χ0v) is 70.8. The zero-order chi connectivity index (χ0) is 89.9. The molecule has 125 heavy (non-hydrogen) atoms. The van der Waals surface area contributed by atoms with Crippen molar-refractivity contribution in [3.63, 3.8) is 0 Å². The van der Waals surface area contributed by atoms with Crippen LogP contribution in [0.5, 0.6) is 23.1 Å². The minimum absolute atomic E-state index is 0.0109. The molecule has 0 aliphatic carbocycles. The van der Waals surface area contributed by atoms with Gasteiger partial charge in [-0.1, -0.05) is 80.0 Å². The lowest BCUT2D eigenvalue weighted by Gasteiger charge is -2.42. The predicted octanol–water partition coefficient (Wildman–Crippen LogP) is 4.65. The van der Waals surface area contributed by atoms with Crippen LogP contribution in [-0.4, -0.2) is 271 Å². The third-order valence-corrected chi connectivity index (χ3v) is 23.1. The standard InChI is InChI=1S/C86H98ClFN14O22S/c1-47(2)71(98-64(103)28-37-120-38-34-101-65(104)25-26-66(101)105)79(111)96-58(14-11-29-91-86(89)118)78(110)95-54-22-19-51(52(40-54)43-99(4)67(106)42-59(83(113)114)97-80(112)75-73(108)72(107)74(109)85(117)124-75)44-102(5)35-31-100(32-36-102)33-39-121-62-24-23-56(48(3)70(62)87)68-69-81(92-46-93-82(69)125-76(68)49-17-20-53(88)21-18-49)123-63(84(115)116)41-50-12-7-9-15-60(50)122-45-55-27-30-90-77(94-55)57-13-8-10-16-61(57)119-6/h7-10,12-13,15-27,30,40,46-47,58-59,63,71-75,85,107-109,117H,11,14,28-29,31-39,41-45H2,1-6H3,(H8-,89,91,95,96,97,98,103,110,111,112,113,114,115,116,118)/p+1/t58-,59-,63+,71-,72+,73+,74-,75+,85-/m0/s1. The number of primary amides is 1. The fourth-order valence-corrected chi connectivity index (χ4v) is 15.8. The van der Waals surface area contributed by atoms with E-state index in [-0.39, 0.29) is 88.3 Å². The number of urea groups is 1. The summed E-state index contributed by atoms with van der Waals surface area (Å²) in [4.78, 5) is 155. The third kappa shape index (κ3) is 24.2. The van der Waals surface area contributed by atoms with Gasteiger partial charge >= 0.3 is 18.0 Å². The Hall–Kier alpha value is -12.2. The number of carboxylic acids is 2. The highest BCUT2D eigenvalue weighted by atomic mass is 35.5. The highest BCUT2D eigenvalue weighted by molar-refractivity contribution is 7.22. The number of quaternary nitrogens is 1. The molecule has 5 aromatic carbocycles. The van der Waals surface area contributed by atoms with Crippen LogP contribution in [0.25, 0.3) is 43.2 Å². The number of likely N-dealkylation sites (N-methyl/N-ethyl adjacent to an activating group) is 1. The van der Waals surface area contributed by atoms with Crippen molar-refractivity contribution in [2.45, 2.75) is 128 Å². The SMILES string of the molecule is COc1ccccc1-c1nccc(COc2ccccc2C[C@@H](Oc2ncnc3sc(-c4ccc(F)cc4)c(-c4ccc(OCCN5CC[N+](C)(Cc6ccc(NC(=O)[C@H](CCCNC(N)=O)NC(=O)[C@@H](NC(=O)CCOCCN7C(=O)C=CC7=O)C(C)C)cc6CN(C)C(=O)C[C@H](NC(=O)[C@@H]6O[C@H](O)[C@@H](O)[C@H](O)[C@H]6O)C(=O)O)CC5)c(Cl)c4C)c23)C(=O)O)n1. The van der Waals surface area contributed by atoms with Gasteiger partial charge in [-0.2, -0.15) is 0 Å². The van der Waals surface area contributed by atoms with E-state index < -0.39 is 132 Å². The summed E-state index contributed by atoms with van der Waals surface area (Å²) in [5.41, 5.74) is 10.8. The number of imide groups is 1. The summed E-state index contributed by atoms with van der Waals surface area (Å²) in [6.45, 7) is 8.09. The molecule has 3 aliphatic rings. The summed E-state index contributed by atoms with van der Waals surface area (Å²) in [6, 6.07) is 25.3. The smallest absolute Gasteiger partial charge is 0.345 e. The predicted molar refractivity (Wildman–Crippen MR) is 452 cm³/mol. The first-order valence-electron chi connectivity index (χ1n) is 40.2. The molecule has 8 aromatic rings. The Labute approximate surface area is 726 Å². The Morgan fingerprint density at radius 1 is 0.768 bits per heavy atom. The molecule has 2 fully saturated rings. The lowest BCUT2D eigenvalue weighted by atomic mass is 9.96. The Morgan fingerprint density at radius 3 is 2.19 bits per heavy atom. The number of benzene rings is 5. The molecular formula is C86H99ClFN14O22S+. The van der Waals surface area contributed by atoms with Gasteiger partial charge in [0.1, 0.15) is 90.4 Å². The molecule has 2 saturated heterocycles. The molecule has 664 valence electrons. The van der Waals surface area contributed by atoms with Gasteiger partial charge in [0, 0.05) is 92.7 Å². The molecule has 9 amide bonds. The molecule has 36 nitrogen and oxygen atoms in total. The summed E-state index contributed by atoms with van der Waals surface area (Å²) in [5, 5.41) is 75.5. The summed E-state index contributed by atoms with van der Waals surface area (Å²) in [5.74, 6) is -7.34. The summed E-state index contributed by atoms with van der Waals surface area (Å²) >= 11 is 8.58. The number of fused-ring (bicyclic) bond motifs is 1. The van der Waals surface area contributed by atoms with E-state index in [4.69, 9.17) is 50.7 Å². The number of carbonyl (C=O) groups excluding carboxylic acids is 8. The van der Waals surface area contributed by atoms with E-state index in [1.165, 1.54) is 41.7 Å². The second kappa shape index (κ2) is 42.9. The zero-order valence-electron chi connectivity index (χ0n) is 69.2. The fraction of sp³-hybridized carbons (Fsp3) is 0.395. The number of hydrogen-bond donors (Lipinski definition) is 12. The maximum absolute atomic E-state index is 14.6. The van der Waals surface area contributed by atoms with Crippen LogP contribution in [0.15, 0.2) is 134 Å². The number of rotatable bonds is 41. The number of anilines is 1. The number of methoxy groups -OCH3 is 1. The Kier molecular flexibility index (Phi) is 32.1. The molecule has 39 heteroatoms. The lowest BCUT2D eigenvalue weighted by Crippen LogP contribution is -2.62. The Balaban J connectivity index is 0.776. The number of aromatic nitrogens is 4. The number of carboxylic acid groups (broad SMARTS) is 2. The van der Waals surface area contributed by atoms with Crippen LogP contribution in [0.3, 0.4) is 0 Å². The average molecular weight is 1770 g/mol. The maximum atomic E-state index is 14.6. The van der Waals surface area contributed by atoms with Gasteiger partial charge in [-0.05, 0) is 108 Å². The monoisotopic (exact) mass is 1770 g/mol. The number of nitrogens with two attached hydrogens (primary N) is 1. The molecule has 3 aliphatic heterocycles. The first-order chi connectivity index (χ1) is 59.8. The lowest BCUT2D eigenvalue weighted by molar-refractivity contribution is -0.926. The van der Waals surface area contributed by atoms with E-state index in [2.05, 4.69) is 46.4 Å². The number of nitrogens with zero attached hydrogens (tertiary/aromatic N) is 8. The number of aliphatic carboxylic acids is 2. The van der Waals surface area contributed by atoms with E-state index in [1.54, 1.807) is 93.9 Å². The van der Waals surface area contributed by atoms with Crippen molar-refractivity contribution in [2.24, 2.45) is 11.7 Å². The van der Waals surface area contributed by atoms with Crippen molar-refractivity contribution in [3.05, 3.63) is 173 Å². The van der Waals surface area contributed by atoms with Crippen molar-refractivity contribution in [3.8, 4) is 56.1 Å². The highest BCUT2D eigenvalue weighted by Gasteiger charge is 2.47. The van der Waals surface area contributed by atoms with Gasteiger partial charge in [-0.25, -0.2) is 38.7 Å². The molecule has 0 radical (unpaired) electrons. The van der Waals surface area contributed by atoms with Crippen LogP contribution >= 0.6 is 22.9 Å². The number of amides is 9. The van der Waals surface area contributed by atoms with Crippen LogP contribution < -0.4 is 51.3 Å². The molecule has 11 rings (SSSR count). The van der Waals surface area contributed by atoms with E-state index in [1.807, 2.05) is 44.3 Å². The molecule has 9 atom stereocenters. The number of hydrogen-bond acceptors (Lipinski definition) is 26. The first-order valence-corrected chi connectivity index (χ1v) is 41.4. The van der Waals surface area contributed by atoms with Gasteiger partial charge in [0.2, 0.25) is 35.6 Å². The van der Waals surface area contributed by atoms with E-state index >= 15 is 0 Å². The van der Waals surface area contributed by atoms with Crippen molar-refractivity contribution < 1.29 is 116 Å². The highest BCUT2D eigenvalue weighted by Crippen LogP contribution is 2.50. The number of nitrogens with one attached hydrogen (secondary N) is 5. The summed E-state index contributed by atoms with van der Waals surface area (Å²) in [6.07, 6.45) is -7.84. The van der Waals surface area contributed by atoms with Crippen molar-refractivity contribution >= 4 is 98.2 Å². The van der Waals surface area contributed by atoms with Gasteiger partial charge in [-0.3, -0.25) is 43.4 Å².